The van der Waals surface area contributed by atoms with Gasteiger partial charge in [-0.2, -0.15) is 0 Å². The van der Waals surface area contributed by atoms with Gasteiger partial charge in [-0.15, -0.1) is 22.7 Å². The standard InChI is InChI=1S/C62H30N4O2S2/c1-7-17-49-35(13-1)56-51(67-49)24-22-34-38-27-40-32-11-3-9-19-52(32)70-55(40)30-48(38)66-46-23-21-31(25-44(46)64-61(66)58(34)56)37-26-42-39-29-54-41(33-12-4-10-20-53(33)69-54)28-47(39)65-45-16-6-5-15-43(45)63-62(65)59(42)57-36-14-2-8-18-50(36)68-60(37)57/h1-30H. The van der Waals surface area contributed by atoms with Crippen LogP contribution in [0.4, 0.5) is 0 Å². The van der Waals surface area contributed by atoms with Crippen LogP contribution in [0.3, 0.4) is 0 Å². The van der Waals surface area contributed by atoms with Gasteiger partial charge in [-0.1, -0.05) is 91.0 Å². The Kier molecular flexibility index (Phi) is 6.54. The van der Waals surface area contributed by atoms with Gasteiger partial charge in [0.15, 0.2) is 0 Å². The summed E-state index contributed by atoms with van der Waals surface area (Å²) in [6, 6.07) is 66.0. The highest BCUT2D eigenvalue weighted by Gasteiger charge is 2.25. The Balaban J connectivity index is 0.997. The molecular formula is C62H30N4O2S2. The van der Waals surface area contributed by atoms with Crippen molar-refractivity contribution in [1.29, 1.82) is 0 Å². The van der Waals surface area contributed by atoms with E-state index in [2.05, 4.69) is 185 Å². The normalized spacial score (nSPS) is 12.9. The molecule has 0 fully saturated rings. The number of rotatable bonds is 1. The maximum absolute atomic E-state index is 7.05. The lowest BCUT2D eigenvalue weighted by Gasteiger charge is -2.13. The van der Waals surface area contributed by atoms with Crippen molar-refractivity contribution in [2.75, 3.05) is 0 Å². The highest BCUT2D eigenvalue weighted by molar-refractivity contribution is 7.26. The van der Waals surface area contributed by atoms with E-state index in [1.807, 2.05) is 28.7 Å². The van der Waals surface area contributed by atoms with E-state index in [1.165, 1.54) is 51.1 Å². The number of aromatic nitrogens is 4. The van der Waals surface area contributed by atoms with Gasteiger partial charge in [-0.05, 0) is 107 Å². The number of hydrogen-bond donors (Lipinski definition) is 0. The summed E-state index contributed by atoms with van der Waals surface area (Å²) in [6.07, 6.45) is 0. The molecule has 10 aromatic carbocycles. The van der Waals surface area contributed by atoms with Crippen LogP contribution < -0.4 is 0 Å². The first-order chi connectivity index (χ1) is 34.7. The average molecular weight is 927 g/mol. The van der Waals surface area contributed by atoms with E-state index in [0.29, 0.717) is 0 Å². The zero-order chi connectivity index (χ0) is 45.1. The minimum atomic E-state index is 0.836. The first-order valence-electron chi connectivity index (χ1n) is 23.5. The molecule has 18 rings (SSSR count). The molecule has 0 saturated carbocycles. The van der Waals surface area contributed by atoms with E-state index in [4.69, 9.17) is 18.8 Å². The molecule has 0 saturated heterocycles. The lowest BCUT2D eigenvalue weighted by molar-refractivity contribution is 0.669. The topological polar surface area (TPSA) is 60.9 Å². The second-order valence-corrected chi connectivity index (χ2v) is 20.9. The third-order valence-corrected chi connectivity index (χ3v) is 17.5. The minimum absolute atomic E-state index is 0.836. The van der Waals surface area contributed by atoms with Gasteiger partial charge in [0, 0.05) is 89.0 Å². The van der Waals surface area contributed by atoms with Crippen LogP contribution in [0.15, 0.2) is 191 Å². The molecule has 8 heterocycles. The van der Waals surface area contributed by atoms with E-state index in [9.17, 15) is 0 Å². The Morgan fingerprint density at radius 1 is 0.329 bits per heavy atom. The zero-order valence-corrected chi connectivity index (χ0v) is 38.4. The highest BCUT2D eigenvalue weighted by atomic mass is 32.1. The number of para-hydroxylation sites is 4. The van der Waals surface area contributed by atoms with Crippen LogP contribution >= 0.6 is 22.7 Å². The fraction of sp³-hybridized carbons (Fsp3) is 0. The van der Waals surface area contributed by atoms with E-state index in [-0.39, 0.29) is 0 Å². The molecule has 18 aromatic rings. The lowest BCUT2D eigenvalue weighted by Crippen LogP contribution is -1.93. The summed E-state index contributed by atoms with van der Waals surface area (Å²) in [6.45, 7) is 0. The number of furan rings is 2. The Morgan fingerprint density at radius 3 is 1.73 bits per heavy atom. The molecule has 70 heavy (non-hydrogen) atoms. The molecular weight excluding hydrogens is 897 g/mol. The number of fused-ring (bicyclic) bond motifs is 30. The third kappa shape index (κ3) is 4.45. The fourth-order valence-corrected chi connectivity index (χ4v) is 14.5. The molecule has 6 nitrogen and oxygen atoms in total. The van der Waals surface area contributed by atoms with Crippen LogP contribution in [0, 0.1) is 0 Å². The van der Waals surface area contributed by atoms with Crippen LogP contribution in [0.25, 0.3) is 172 Å². The Labute approximate surface area is 402 Å². The number of thiophene rings is 2. The second-order valence-electron chi connectivity index (χ2n) is 18.8. The third-order valence-electron chi connectivity index (χ3n) is 15.2. The van der Waals surface area contributed by atoms with Gasteiger partial charge in [0.2, 0.25) is 0 Å². The summed E-state index contributed by atoms with van der Waals surface area (Å²) in [4.78, 5) is 11.1. The van der Waals surface area contributed by atoms with E-state index in [1.54, 1.807) is 0 Å². The van der Waals surface area contributed by atoms with Gasteiger partial charge >= 0.3 is 0 Å². The van der Waals surface area contributed by atoms with Crippen LogP contribution in [-0.4, -0.2) is 18.8 Å². The molecule has 0 aliphatic rings. The van der Waals surface area contributed by atoms with Crippen molar-refractivity contribution in [3.8, 4) is 11.1 Å². The van der Waals surface area contributed by atoms with Crippen LogP contribution in [-0.2, 0) is 0 Å². The molecule has 0 aliphatic carbocycles. The molecule has 0 aliphatic heterocycles. The van der Waals surface area contributed by atoms with Gasteiger partial charge < -0.3 is 8.83 Å². The molecule has 0 radical (unpaired) electrons. The summed E-state index contributed by atoms with van der Waals surface area (Å²) in [7, 11) is 0. The van der Waals surface area contributed by atoms with Crippen molar-refractivity contribution in [3.05, 3.63) is 182 Å². The van der Waals surface area contributed by atoms with Gasteiger partial charge in [0.1, 0.15) is 33.6 Å². The Hall–Kier alpha value is -8.82. The average Bonchev–Trinajstić information content (AvgIpc) is 4.27. The largest absolute Gasteiger partial charge is 0.456 e. The van der Waals surface area contributed by atoms with Crippen LogP contribution in [0.5, 0.6) is 0 Å². The quantitative estimate of drug-likeness (QED) is 0.154. The summed E-state index contributed by atoms with van der Waals surface area (Å²) in [5.74, 6) is 0. The van der Waals surface area contributed by atoms with Crippen molar-refractivity contribution in [1.82, 2.24) is 18.8 Å². The van der Waals surface area contributed by atoms with Crippen molar-refractivity contribution in [2.24, 2.45) is 0 Å². The summed E-state index contributed by atoms with van der Waals surface area (Å²) in [5.41, 5.74) is 13.5. The molecule has 0 amide bonds. The predicted molar refractivity (Wildman–Crippen MR) is 295 cm³/mol. The summed E-state index contributed by atoms with van der Waals surface area (Å²) >= 11 is 3.70. The molecule has 0 bridgehead atoms. The first-order valence-corrected chi connectivity index (χ1v) is 25.2. The fourth-order valence-electron chi connectivity index (χ4n) is 12.3. The summed E-state index contributed by atoms with van der Waals surface area (Å²) in [5, 5.41) is 16.2. The van der Waals surface area contributed by atoms with E-state index < -0.39 is 0 Å². The van der Waals surface area contributed by atoms with E-state index >= 15 is 0 Å². The first kappa shape index (κ1) is 36.3. The SMILES string of the molecule is c1ccc2c(c1)nc1c3c(cc(-c4ccc5c(c4)nc4c6c(ccc7oc8ccccc8c76)c6cc7c(cc6n54)sc4ccccc47)c4oc5ccccc5c43)c3cc4sc5ccccc5c4cc3n21. The van der Waals surface area contributed by atoms with Gasteiger partial charge in [0.25, 0.3) is 0 Å². The number of hydrogen-bond acceptors (Lipinski definition) is 6. The van der Waals surface area contributed by atoms with Crippen molar-refractivity contribution in [2.45, 2.75) is 0 Å². The molecule has 0 unspecified atom stereocenters. The zero-order valence-electron chi connectivity index (χ0n) is 36.7. The molecule has 0 spiro atoms. The molecule has 322 valence electrons. The predicted octanol–water partition coefficient (Wildman–Crippen LogP) is 18.1. The lowest BCUT2D eigenvalue weighted by atomic mass is 9.94. The maximum Gasteiger partial charge on any atom is 0.147 e. The smallest absolute Gasteiger partial charge is 0.147 e. The second kappa shape index (κ2) is 12.6. The van der Waals surface area contributed by atoms with E-state index in [0.717, 1.165) is 121 Å². The number of nitrogens with zero attached hydrogens (tertiary/aromatic N) is 4. The van der Waals surface area contributed by atoms with Crippen molar-refractivity contribution in [3.63, 3.8) is 0 Å². The molecule has 0 atom stereocenters. The van der Waals surface area contributed by atoms with Gasteiger partial charge in [0.05, 0.1) is 33.1 Å². The van der Waals surface area contributed by atoms with Crippen molar-refractivity contribution >= 4 is 184 Å². The van der Waals surface area contributed by atoms with Crippen molar-refractivity contribution < 1.29 is 8.83 Å². The molecule has 8 heteroatoms. The number of pyridine rings is 2. The highest BCUT2D eigenvalue weighted by Crippen LogP contribution is 2.49. The monoisotopic (exact) mass is 926 g/mol. The van der Waals surface area contributed by atoms with Crippen LogP contribution in [0.2, 0.25) is 0 Å². The van der Waals surface area contributed by atoms with Gasteiger partial charge in [-0.3, -0.25) is 8.80 Å². The minimum Gasteiger partial charge on any atom is -0.456 e. The van der Waals surface area contributed by atoms with Crippen LogP contribution in [0.1, 0.15) is 0 Å². The molecule has 0 N–H and O–H groups in total. The summed E-state index contributed by atoms with van der Waals surface area (Å²) < 4.78 is 23.5. The van der Waals surface area contributed by atoms with Gasteiger partial charge in [-0.25, -0.2) is 9.97 Å². The Morgan fingerprint density at radius 2 is 0.929 bits per heavy atom. The number of benzene rings is 10. The number of imidazole rings is 2. The Bertz CT molecular complexity index is 5450. The molecule has 8 aromatic heterocycles. The maximum atomic E-state index is 7.05.